The molecule has 0 bridgehead atoms. The van der Waals surface area contributed by atoms with Crippen LogP contribution >= 0.6 is 0 Å². The topological polar surface area (TPSA) is 81.3 Å². The number of para-hydroxylation sites is 2. The summed E-state index contributed by atoms with van der Waals surface area (Å²) in [6, 6.07) is 12.9. The number of rotatable bonds is 2. The molecule has 2 aromatic carbocycles. The summed E-state index contributed by atoms with van der Waals surface area (Å²) >= 11 is 0. The molecule has 1 saturated heterocycles. The van der Waals surface area contributed by atoms with Gasteiger partial charge >= 0.3 is 6.03 Å². The minimum Gasteiger partial charge on any atom is -0.335 e. The molecule has 8 heteroatoms. The third kappa shape index (κ3) is 3.59. The molecule has 0 atom stereocenters. The van der Waals surface area contributed by atoms with E-state index in [-0.39, 0.29) is 11.9 Å². The number of anilines is 1. The maximum atomic E-state index is 13.3. The molecule has 1 fully saturated rings. The van der Waals surface area contributed by atoms with Crippen molar-refractivity contribution in [3.63, 3.8) is 0 Å². The van der Waals surface area contributed by atoms with Gasteiger partial charge in [-0.3, -0.25) is 10.1 Å². The number of imidazole rings is 1. The Labute approximate surface area is 154 Å². The summed E-state index contributed by atoms with van der Waals surface area (Å²) in [5.41, 5.74) is 1.94. The van der Waals surface area contributed by atoms with Crippen LogP contribution in [0.4, 0.5) is 15.1 Å². The molecule has 0 spiro atoms. The number of carbonyl (C=O) groups excluding carboxylic acids is 2. The number of halogens is 1. The maximum absolute atomic E-state index is 13.3. The number of benzene rings is 2. The Morgan fingerprint density at radius 2 is 1.74 bits per heavy atom. The van der Waals surface area contributed by atoms with Crippen LogP contribution in [0.5, 0.6) is 0 Å². The normalized spacial score (nSPS) is 14.4. The van der Waals surface area contributed by atoms with Crippen LogP contribution in [0.1, 0.15) is 10.4 Å². The van der Waals surface area contributed by atoms with Crippen LogP contribution in [0, 0.1) is 5.82 Å². The van der Waals surface area contributed by atoms with E-state index in [9.17, 15) is 14.0 Å². The van der Waals surface area contributed by atoms with Gasteiger partial charge in [0.15, 0.2) is 0 Å². The van der Waals surface area contributed by atoms with E-state index in [4.69, 9.17) is 0 Å². The number of nitrogens with zero attached hydrogens (tertiary/aromatic N) is 3. The van der Waals surface area contributed by atoms with Gasteiger partial charge in [-0.15, -0.1) is 0 Å². The number of nitrogens with one attached hydrogen (secondary N) is 2. The lowest BCUT2D eigenvalue weighted by Crippen LogP contribution is -2.51. The molecule has 3 aromatic rings. The van der Waals surface area contributed by atoms with Gasteiger partial charge in [-0.25, -0.2) is 14.2 Å². The van der Waals surface area contributed by atoms with Crippen molar-refractivity contribution >= 4 is 28.9 Å². The number of aromatic amines is 1. The van der Waals surface area contributed by atoms with Crippen LogP contribution < -0.4 is 5.32 Å². The predicted molar refractivity (Wildman–Crippen MR) is 99.0 cm³/mol. The fourth-order valence-corrected chi connectivity index (χ4v) is 3.11. The fourth-order valence-electron chi connectivity index (χ4n) is 3.11. The maximum Gasteiger partial charge on any atom is 0.324 e. The second kappa shape index (κ2) is 7.06. The Morgan fingerprint density at radius 1 is 1.00 bits per heavy atom. The summed E-state index contributed by atoms with van der Waals surface area (Å²) < 4.78 is 13.3. The zero-order valence-electron chi connectivity index (χ0n) is 14.5. The first-order chi connectivity index (χ1) is 13.1. The average Bonchev–Trinajstić information content (AvgIpc) is 3.09. The predicted octanol–water partition coefficient (Wildman–Crippen LogP) is 2.69. The van der Waals surface area contributed by atoms with E-state index in [1.165, 1.54) is 18.2 Å². The van der Waals surface area contributed by atoms with E-state index in [0.29, 0.717) is 37.7 Å². The molecule has 0 unspecified atom stereocenters. The van der Waals surface area contributed by atoms with Gasteiger partial charge in [0.25, 0.3) is 5.91 Å². The Hall–Kier alpha value is -3.42. The highest BCUT2D eigenvalue weighted by atomic mass is 19.1. The Balaban J connectivity index is 1.35. The average molecular weight is 367 g/mol. The molecule has 1 aliphatic rings. The molecule has 7 nitrogen and oxygen atoms in total. The molecule has 2 heterocycles. The summed E-state index contributed by atoms with van der Waals surface area (Å²) in [4.78, 5) is 35.5. The van der Waals surface area contributed by atoms with Crippen molar-refractivity contribution < 1.29 is 14.0 Å². The number of hydrogen-bond acceptors (Lipinski definition) is 3. The zero-order chi connectivity index (χ0) is 18.8. The smallest absolute Gasteiger partial charge is 0.324 e. The molecule has 0 radical (unpaired) electrons. The second-order valence-corrected chi connectivity index (χ2v) is 6.32. The van der Waals surface area contributed by atoms with E-state index in [0.717, 1.165) is 11.0 Å². The highest BCUT2D eigenvalue weighted by Crippen LogP contribution is 2.15. The fraction of sp³-hybridized carbons (Fsp3) is 0.211. The summed E-state index contributed by atoms with van der Waals surface area (Å²) in [6.07, 6.45) is 0. The molecule has 0 aliphatic carbocycles. The van der Waals surface area contributed by atoms with Gasteiger partial charge < -0.3 is 14.8 Å². The lowest BCUT2D eigenvalue weighted by Gasteiger charge is -2.34. The van der Waals surface area contributed by atoms with E-state index >= 15 is 0 Å². The minimum absolute atomic E-state index is 0.230. The van der Waals surface area contributed by atoms with Crippen LogP contribution in [0.25, 0.3) is 11.0 Å². The zero-order valence-corrected chi connectivity index (χ0v) is 14.5. The van der Waals surface area contributed by atoms with Gasteiger partial charge in [-0.05, 0) is 30.3 Å². The monoisotopic (exact) mass is 367 g/mol. The van der Waals surface area contributed by atoms with Crippen molar-refractivity contribution in [1.82, 2.24) is 19.8 Å². The van der Waals surface area contributed by atoms with Crippen LogP contribution in [0.2, 0.25) is 0 Å². The quantitative estimate of drug-likeness (QED) is 0.731. The largest absolute Gasteiger partial charge is 0.335 e. The summed E-state index contributed by atoms with van der Waals surface area (Å²) in [5.74, 6) is -0.281. The molecule has 4 rings (SSSR count). The SMILES string of the molecule is O=C(Nc1nc2ccccc2[nH]1)N1CCN(C(=O)c2cccc(F)c2)CC1. The molecule has 3 amide bonds. The van der Waals surface area contributed by atoms with Crippen molar-refractivity contribution in [2.45, 2.75) is 0 Å². The minimum atomic E-state index is -0.440. The Kier molecular flexibility index (Phi) is 4.45. The van der Waals surface area contributed by atoms with Crippen molar-refractivity contribution in [1.29, 1.82) is 0 Å². The Bertz CT molecular complexity index is 961. The number of amides is 3. The molecule has 0 saturated carbocycles. The molecule has 27 heavy (non-hydrogen) atoms. The highest BCUT2D eigenvalue weighted by Gasteiger charge is 2.25. The van der Waals surface area contributed by atoms with Crippen LogP contribution in [-0.2, 0) is 0 Å². The van der Waals surface area contributed by atoms with Crippen LogP contribution in [0.3, 0.4) is 0 Å². The first-order valence-corrected chi connectivity index (χ1v) is 8.66. The first-order valence-electron chi connectivity index (χ1n) is 8.66. The van der Waals surface area contributed by atoms with E-state index in [1.54, 1.807) is 15.9 Å². The Morgan fingerprint density at radius 3 is 2.48 bits per heavy atom. The van der Waals surface area contributed by atoms with Crippen LogP contribution in [-0.4, -0.2) is 57.9 Å². The number of urea groups is 1. The third-order valence-electron chi connectivity index (χ3n) is 4.54. The number of aromatic nitrogens is 2. The number of H-pyrrole nitrogens is 1. The van der Waals surface area contributed by atoms with Gasteiger partial charge in [0.05, 0.1) is 11.0 Å². The van der Waals surface area contributed by atoms with Gasteiger partial charge in [0.2, 0.25) is 5.95 Å². The van der Waals surface area contributed by atoms with Crippen molar-refractivity contribution in [3.05, 3.63) is 59.9 Å². The van der Waals surface area contributed by atoms with Gasteiger partial charge in [0.1, 0.15) is 5.82 Å². The van der Waals surface area contributed by atoms with Crippen molar-refractivity contribution in [2.75, 3.05) is 31.5 Å². The molecular formula is C19H18FN5O2. The van der Waals surface area contributed by atoms with Gasteiger partial charge in [0, 0.05) is 31.7 Å². The number of piperazine rings is 1. The number of hydrogen-bond donors (Lipinski definition) is 2. The molecule has 138 valence electrons. The summed E-state index contributed by atoms with van der Waals surface area (Å²) in [7, 11) is 0. The second-order valence-electron chi connectivity index (χ2n) is 6.32. The van der Waals surface area contributed by atoms with E-state index in [2.05, 4.69) is 15.3 Å². The van der Waals surface area contributed by atoms with Gasteiger partial charge in [-0.2, -0.15) is 0 Å². The van der Waals surface area contributed by atoms with Crippen molar-refractivity contribution in [2.24, 2.45) is 0 Å². The highest BCUT2D eigenvalue weighted by molar-refractivity contribution is 5.94. The van der Waals surface area contributed by atoms with Crippen molar-refractivity contribution in [3.8, 4) is 0 Å². The number of fused-ring (bicyclic) bond motifs is 1. The lowest BCUT2D eigenvalue weighted by molar-refractivity contribution is 0.0671. The van der Waals surface area contributed by atoms with Crippen LogP contribution in [0.15, 0.2) is 48.5 Å². The molecular weight excluding hydrogens is 349 g/mol. The van der Waals surface area contributed by atoms with Gasteiger partial charge in [-0.1, -0.05) is 18.2 Å². The third-order valence-corrected chi connectivity index (χ3v) is 4.54. The number of carbonyl (C=O) groups is 2. The molecule has 1 aromatic heterocycles. The van der Waals surface area contributed by atoms with E-state index < -0.39 is 5.82 Å². The standard InChI is InChI=1S/C19H18FN5O2/c20-14-5-3-4-13(12-14)17(26)24-8-10-25(11-9-24)19(27)23-18-21-15-6-1-2-7-16(15)22-18/h1-7,12H,8-11H2,(H2,21,22,23,27). The molecule has 2 N–H and O–H groups in total. The summed E-state index contributed by atoms with van der Waals surface area (Å²) in [6.45, 7) is 1.58. The first kappa shape index (κ1) is 17.0. The summed E-state index contributed by atoms with van der Waals surface area (Å²) in [5, 5.41) is 2.75. The molecule has 1 aliphatic heterocycles. The lowest BCUT2D eigenvalue weighted by atomic mass is 10.2. The van der Waals surface area contributed by atoms with E-state index in [1.807, 2.05) is 24.3 Å².